The molecule has 0 saturated heterocycles. The Morgan fingerprint density at radius 2 is 1.17 bits per heavy atom. The van der Waals surface area contributed by atoms with E-state index < -0.39 is 0 Å². The zero-order chi connectivity index (χ0) is 35.3. The molecule has 0 aliphatic heterocycles. The molecule has 0 bridgehead atoms. The van der Waals surface area contributed by atoms with Crippen LogP contribution in [0.2, 0.25) is 0 Å². The molecule has 1 aliphatic carbocycles. The number of aromatic nitrogens is 4. The van der Waals surface area contributed by atoms with E-state index in [1.54, 1.807) is 0 Å². The van der Waals surface area contributed by atoms with Gasteiger partial charge in [0, 0.05) is 38.1 Å². The number of furan rings is 1. The smallest absolute Gasteiger partial charge is 0.238 e. The summed E-state index contributed by atoms with van der Waals surface area (Å²) in [5, 5.41) is 4.41. The third-order valence-electron chi connectivity index (χ3n) is 11.1. The van der Waals surface area contributed by atoms with Crippen molar-refractivity contribution in [2.24, 2.45) is 0 Å². The molecule has 11 rings (SSSR count). The number of hydrogen-bond acceptors (Lipinski definition) is 4. The van der Waals surface area contributed by atoms with Crippen LogP contribution in [0.1, 0.15) is 25.0 Å². The molecule has 3 aromatic heterocycles. The second-order valence-electron chi connectivity index (χ2n) is 14.4. The topological polar surface area (TPSA) is 56.7 Å². The van der Waals surface area contributed by atoms with E-state index in [-0.39, 0.29) is 5.41 Å². The van der Waals surface area contributed by atoms with Crippen molar-refractivity contribution in [1.29, 1.82) is 0 Å². The van der Waals surface area contributed by atoms with Crippen molar-refractivity contribution in [1.82, 2.24) is 19.5 Å². The first kappa shape index (κ1) is 29.8. The Bertz CT molecular complexity index is 3100. The van der Waals surface area contributed by atoms with Gasteiger partial charge < -0.3 is 4.42 Å². The minimum Gasteiger partial charge on any atom is -0.455 e. The van der Waals surface area contributed by atoms with Crippen LogP contribution in [0.5, 0.6) is 0 Å². The van der Waals surface area contributed by atoms with Gasteiger partial charge in [0.15, 0.2) is 11.6 Å². The zero-order valence-electron chi connectivity index (χ0n) is 29.2. The van der Waals surface area contributed by atoms with Crippen LogP contribution in [0.3, 0.4) is 0 Å². The lowest BCUT2D eigenvalue weighted by atomic mass is 9.82. The lowest BCUT2D eigenvalue weighted by molar-refractivity contribution is 0.660. The van der Waals surface area contributed by atoms with Crippen LogP contribution in [-0.2, 0) is 5.41 Å². The summed E-state index contributed by atoms with van der Waals surface area (Å²) in [7, 11) is 0. The van der Waals surface area contributed by atoms with Crippen molar-refractivity contribution in [3.05, 3.63) is 169 Å². The fourth-order valence-corrected chi connectivity index (χ4v) is 8.56. The third kappa shape index (κ3) is 4.34. The molecule has 0 fully saturated rings. The molecule has 53 heavy (non-hydrogen) atoms. The Morgan fingerprint density at radius 3 is 2.08 bits per heavy atom. The van der Waals surface area contributed by atoms with E-state index in [1.165, 1.54) is 27.6 Å². The van der Waals surface area contributed by atoms with Crippen molar-refractivity contribution in [3.63, 3.8) is 0 Å². The highest BCUT2D eigenvalue weighted by Crippen LogP contribution is 2.52. The maximum atomic E-state index is 6.55. The molecule has 0 spiro atoms. The summed E-state index contributed by atoms with van der Waals surface area (Å²) in [6, 6.07) is 55.2. The lowest BCUT2D eigenvalue weighted by Crippen LogP contribution is -2.14. The molecule has 7 aromatic carbocycles. The quantitative estimate of drug-likeness (QED) is 0.186. The zero-order valence-corrected chi connectivity index (χ0v) is 29.2. The van der Waals surface area contributed by atoms with E-state index in [0.29, 0.717) is 17.6 Å². The molecule has 5 nitrogen and oxygen atoms in total. The maximum absolute atomic E-state index is 6.55. The molecule has 0 amide bonds. The van der Waals surface area contributed by atoms with Crippen LogP contribution in [0.15, 0.2) is 162 Å². The van der Waals surface area contributed by atoms with Gasteiger partial charge in [-0.05, 0) is 52.1 Å². The molecule has 0 unspecified atom stereocenters. The predicted molar refractivity (Wildman–Crippen MR) is 215 cm³/mol. The fraction of sp³-hybridized carbons (Fsp3) is 0.0625. The Labute approximate surface area is 305 Å². The highest BCUT2D eigenvalue weighted by Gasteiger charge is 2.37. The van der Waals surface area contributed by atoms with Crippen molar-refractivity contribution in [2.45, 2.75) is 19.3 Å². The molecule has 0 saturated carbocycles. The van der Waals surface area contributed by atoms with Crippen LogP contribution in [0.4, 0.5) is 0 Å². The van der Waals surface area contributed by atoms with Crippen molar-refractivity contribution >= 4 is 43.7 Å². The third-order valence-corrected chi connectivity index (χ3v) is 11.1. The molecule has 0 atom stereocenters. The summed E-state index contributed by atoms with van der Waals surface area (Å²) in [5.41, 5.74) is 12.6. The molecule has 10 aromatic rings. The summed E-state index contributed by atoms with van der Waals surface area (Å²) in [6.07, 6.45) is 0. The van der Waals surface area contributed by atoms with E-state index in [4.69, 9.17) is 19.4 Å². The second kappa shape index (κ2) is 11.1. The van der Waals surface area contributed by atoms with Crippen molar-refractivity contribution < 1.29 is 4.42 Å². The second-order valence-corrected chi connectivity index (χ2v) is 14.4. The molecular formula is C48H32N4O. The Kier molecular flexibility index (Phi) is 6.23. The summed E-state index contributed by atoms with van der Waals surface area (Å²) < 4.78 is 8.81. The highest BCUT2D eigenvalue weighted by molar-refractivity contribution is 6.15. The van der Waals surface area contributed by atoms with Gasteiger partial charge in [0.25, 0.3) is 0 Å². The SMILES string of the molecule is CC1(C)c2ccccc2-c2c1ccc1c3ccccc3n(-c3nc(-c4cccc(-c5ccccc5)c4)nc(-c4cccc5c4oc4ccccc45)n3)c21. The van der Waals surface area contributed by atoms with Crippen molar-refractivity contribution in [3.8, 4) is 51.0 Å². The van der Waals surface area contributed by atoms with Gasteiger partial charge in [-0.25, -0.2) is 4.98 Å². The number of nitrogens with zero attached hydrogens (tertiary/aromatic N) is 4. The molecule has 0 radical (unpaired) electrons. The largest absolute Gasteiger partial charge is 0.455 e. The van der Waals surface area contributed by atoms with Gasteiger partial charge in [0.1, 0.15) is 11.2 Å². The van der Waals surface area contributed by atoms with Gasteiger partial charge in [-0.2, -0.15) is 9.97 Å². The number of hydrogen-bond donors (Lipinski definition) is 0. The Balaban J connectivity index is 1.25. The molecule has 0 N–H and O–H groups in total. The fourth-order valence-electron chi connectivity index (χ4n) is 8.56. The van der Waals surface area contributed by atoms with Gasteiger partial charge in [-0.15, -0.1) is 0 Å². The van der Waals surface area contributed by atoms with Crippen LogP contribution in [0.25, 0.3) is 94.7 Å². The number of fused-ring (bicyclic) bond motifs is 10. The van der Waals surface area contributed by atoms with E-state index in [9.17, 15) is 0 Å². The van der Waals surface area contributed by atoms with Gasteiger partial charge in [0.05, 0.1) is 16.6 Å². The number of rotatable bonds is 4. The van der Waals surface area contributed by atoms with Crippen LogP contribution in [-0.4, -0.2) is 19.5 Å². The van der Waals surface area contributed by atoms with Crippen LogP contribution < -0.4 is 0 Å². The maximum Gasteiger partial charge on any atom is 0.238 e. The highest BCUT2D eigenvalue weighted by atomic mass is 16.3. The van der Waals surface area contributed by atoms with E-state index >= 15 is 0 Å². The minimum absolute atomic E-state index is 0.161. The Hall–Kier alpha value is -6.85. The first-order valence-electron chi connectivity index (χ1n) is 18.0. The summed E-state index contributed by atoms with van der Waals surface area (Å²) >= 11 is 0. The van der Waals surface area contributed by atoms with E-state index in [1.807, 2.05) is 24.3 Å². The molecule has 1 aliphatic rings. The summed E-state index contributed by atoms with van der Waals surface area (Å²) in [4.78, 5) is 16.0. The van der Waals surface area contributed by atoms with Gasteiger partial charge >= 0.3 is 0 Å². The molecule has 250 valence electrons. The molecule has 5 heteroatoms. The van der Waals surface area contributed by atoms with Crippen LogP contribution >= 0.6 is 0 Å². The Morgan fingerprint density at radius 1 is 0.491 bits per heavy atom. The number of para-hydroxylation sites is 3. The first-order valence-corrected chi connectivity index (χ1v) is 18.0. The predicted octanol–water partition coefficient (Wildman–Crippen LogP) is 12.2. The van der Waals surface area contributed by atoms with Gasteiger partial charge in [0.2, 0.25) is 5.95 Å². The van der Waals surface area contributed by atoms with E-state index in [0.717, 1.165) is 60.6 Å². The average Bonchev–Trinajstić information content (AvgIpc) is 3.84. The number of benzene rings is 7. The monoisotopic (exact) mass is 680 g/mol. The lowest BCUT2D eigenvalue weighted by Gasteiger charge is -2.21. The normalized spacial score (nSPS) is 13.2. The average molecular weight is 681 g/mol. The molecule has 3 heterocycles. The standard InChI is InChI=1S/C48H32N4O/c1-48(2)38-23-9-6-20-36(38)42-39(48)27-26-34-32-18-7-10-24-40(32)52(43(34)42)47-50-45(31-17-12-16-30(28-31)29-14-4-3-5-15-29)49-46(51-47)37-22-13-21-35-33-19-8-11-25-41(33)53-44(35)37/h3-28H,1-2H3. The van der Waals surface area contributed by atoms with Gasteiger partial charge in [-0.1, -0.05) is 147 Å². The van der Waals surface area contributed by atoms with E-state index in [2.05, 4.69) is 152 Å². The summed E-state index contributed by atoms with van der Waals surface area (Å²) in [5.74, 6) is 1.71. The minimum atomic E-state index is -0.161. The first-order chi connectivity index (χ1) is 26.0. The summed E-state index contributed by atoms with van der Waals surface area (Å²) in [6.45, 7) is 4.65. The van der Waals surface area contributed by atoms with Crippen LogP contribution in [0, 0.1) is 0 Å². The van der Waals surface area contributed by atoms with Crippen molar-refractivity contribution in [2.75, 3.05) is 0 Å². The molecular weight excluding hydrogens is 649 g/mol. The van der Waals surface area contributed by atoms with Gasteiger partial charge in [-0.3, -0.25) is 4.57 Å².